The molecule has 0 unspecified atom stereocenters. The Balaban J connectivity index is 1.56. The number of nitrogens with one attached hydrogen (secondary N) is 1. The summed E-state index contributed by atoms with van der Waals surface area (Å²) in [5, 5.41) is 2.92. The zero-order valence-electron chi connectivity index (χ0n) is 14.7. The molecule has 2 fully saturated rings. The molecule has 1 heterocycles. The lowest BCUT2D eigenvalue weighted by atomic mass is 9.91. The Kier molecular flexibility index (Phi) is 5.65. The van der Waals surface area contributed by atoms with Crippen molar-refractivity contribution in [3.63, 3.8) is 0 Å². The van der Waals surface area contributed by atoms with Crippen molar-refractivity contribution < 1.29 is 14.4 Å². The normalized spacial score (nSPS) is 20.0. The van der Waals surface area contributed by atoms with Crippen LogP contribution in [0.5, 0.6) is 0 Å². The highest BCUT2D eigenvalue weighted by molar-refractivity contribution is 9.10. The third-order valence-electron chi connectivity index (χ3n) is 5.54. The van der Waals surface area contributed by atoms with Crippen LogP contribution in [0.25, 0.3) is 0 Å². The summed E-state index contributed by atoms with van der Waals surface area (Å²) in [7, 11) is 0. The third kappa shape index (κ3) is 3.92. The first kappa shape index (κ1) is 18.9. The van der Waals surface area contributed by atoms with Gasteiger partial charge in [-0.25, -0.2) is 0 Å². The van der Waals surface area contributed by atoms with Gasteiger partial charge in [0.05, 0.1) is 0 Å². The lowest BCUT2D eigenvalue weighted by Gasteiger charge is -2.34. The summed E-state index contributed by atoms with van der Waals surface area (Å²) >= 11 is 3.36. The van der Waals surface area contributed by atoms with Crippen LogP contribution >= 0.6 is 15.9 Å². The average molecular weight is 422 g/mol. The molecule has 0 radical (unpaired) electrons. The first-order valence-electron chi connectivity index (χ1n) is 9.08. The quantitative estimate of drug-likeness (QED) is 0.780. The van der Waals surface area contributed by atoms with Crippen LogP contribution in [0, 0.1) is 5.92 Å². The number of hydrogen-bond acceptors (Lipinski definition) is 3. The minimum atomic E-state index is -0.874. The van der Waals surface area contributed by atoms with Gasteiger partial charge in [0.1, 0.15) is 5.54 Å². The zero-order valence-corrected chi connectivity index (χ0v) is 16.3. The van der Waals surface area contributed by atoms with E-state index in [2.05, 4.69) is 21.2 Å². The first-order chi connectivity index (χ1) is 12.4. The van der Waals surface area contributed by atoms with Gasteiger partial charge in [-0.15, -0.1) is 0 Å². The molecule has 3 rings (SSSR count). The highest BCUT2D eigenvalue weighted by atomic mass is 79.9. The molecule has 1 aliphatic carbocycles. The number of nitrogens with zero attached hydrogens (tertiary/aromatic N) is 1. The second kappa shape index (κ2) is 7.78. The molecule has 1 saturated carbocycles. The Morgan fingerprint density at radius 3 is 2.19 bits per heavy atom. The van der Waals surface area contributed by atoms with Crippen molar-refractivity contribution in [2.45, 2.75) is 44.1 Å². The fourth-order valence-corrected chi connectivity index (χ4v) is 4.13. The fraction of sp³-hybridized carbons (Fsp3) is 0.526. The standard InChI is InChI=1S/C19H24BrN3O3/c20-15-5-3-14(4-6-15)17(25)23-11-7-13(8-12-23)16(24)22-19(18(21)26)9-1-2-10-19/h3-6,13H,1-2,7-12H2,(H2,21,26)(H,22,24). The van der Waals surface area contributed by atoms with Crippen molar-refractivity contribution in [2.24, 2.45) is 11.7 Å². The lowest BCUT2D eigenvalue weighted by molar-refractivity contribution is -0.134. The minimum Gasteiger partial charge on any atom is -0.368 e. The molecule has 140 valence electrons. The molecule has 3 N–H and O–H groups in total. The number of benzene rings is 1. The van der Waals surface area contributed by atoms with E-state index in [4.69, 9.17) is 5.73 Å². The van der Waals surface area contributed by atoms with Crippen molar-refractivity contribution in [1.82, 2.24) is 10.2 Å². The Morgan fingerprint density at radius 1 is 1.08 bits per heavy atom. The van der Waals surface area contributed by atoms with E-state index in [1.54, 1.807) is 17.0 Å². The summed E-state index contributed by atoms with van der Waals surface area (Å²) in [5.41, 5.74) is 5.31. The van der Waals surface area contributed by atoms with Gasteiger partial charge in [0.25, 0.3) is 5.91 Å². The number of primary amides is 1. The highest BCUT2D eigenvalue weighted by Crippen LogP contribution is 2.30. The number of carbonyl (C=O) groups is 3. The van der Waals surface area contributed by atoms with E-state index in [0.717, 1.165) is 17.3 Å². The van der Waals surface area contributed by atoms with Crippen molar-refractivity contribution in [2.75, 3.05) is 13.1 Å². The fourth-order valence-electron chi connectivity index (χ4n) is 3.87. The van der Waals surface area contributed by atoms with Crippen molar-refractivity contribution in [3.05, 3.63) is 34.3 Å². The van der Waals surface area contributed by atoms with Crippen molar-refractivity contribution >= 4 is 33.7 Å². The number of carbonyl (C=O) groups excluding carboxylic acids is 3. The van der Waals surface area contributed by atoms with Crippen LogP contribution in [0.15, 0.2) is 28.7 Å². The predicted molar refractivity (Wildman–Crippen MR) is 101 cm³/mol. The number of piperidine rings is 1. The maximum absolute atomic E-state index is 12.6. The summed E-state index contributed by atoms with van der Waals surface area (Å²) in [4.78, 5) is 38.8. The van der Waals surface area contributed by atoms with Gasteiger partial charge in [-0.1, -0.05) is 28.8 Å². The van der Waals surface area contributed by atoms with Gasteiger partial charge < -0.3 is 16.0 Å². The summed E-state index contributed by atoms with van der Waals surface area (Å²) in [6.07, 6.45) is 4.25. The third-order valence-corrected chi connectivity index (χ3v) is 6.06. The predicted octanol–water partition coefficient (Wildman–Crippen LogP) is 2.22. The summed E-state index contributed by atoms with van der Waals surface area (Å²) in [6.45, 7) is 1.08. The highest BCUT2D eigenvalue weighted by Gasteiger charge is 2.42. The molecule has 1 aliphatic heterocycles. The van der Waals surface area contributed by atoms with E-state index in [0.29, 0.717) is 44.3 Å². The number of likely N-dealkylation sites (tertiary alicyclic amines) is 1. The van der Waals surface area contributed by atoms with Gasteiger partial charge in [0, 0.05) is 29.0 Å². The number of nitrogens with two attached hydrogens (primary N) is 1. The molecule has 0 atom stereocenters. The number of amides is 3. The molecule has 0 spiro atoms. The summed E-state index contributed by atoms with van der Waals surface area (Å²) in [6, 6.07) is 7.28. The van der Waals surface area contributed by atoms with E-state index in [9.17, 15) is 14.4 Å². The van der Waals surface area contributed by atoms with E-state index >= 15 is 0 Å². The average Bonchev–Trinajstić information content (AvgIpc) is 3.12. The summed E-state index contributed by atoms with van der Waals surface area (Å²) < 4.78 is 0.930. The monoisotopic (exact) mass is 421 g/mol. The Labute approximate surface area is 161 Å². The van der Waals surface area contributed by atoms with Crippen molar-refractivity contribution in [1.29, 1.82) is 0 Å². The summed E-state index contributed by atoms with van der Waals surface area (Å²) in [5.74, 6) is -0.741. The van der Waals surface area contributed by atoms with Gasteiger partial charge in [-0.2, -0.15) is 0 Å². The van der Waals surface area contributed by atoms with Gasteiger partial charge in [-0.3, -0.25) is 14.4 Å². The Morgan fingerprint density at radius 2 is 1.65 bits per heavy atom. The number of rotatable bonds is 4. The largest absolute Gasteiger partial charge is 0.368 e. The van der Waals surface area contributed by atoms with Crippen LogP contribution in [0.3, 0.4) is 0 Å². The van der Waals surface area contributed by atoms with Crippen molar-refractivity contribution in [3.8, 4) is 0 Å². The molecule has 3 amide bonds. The van der Waals surface area contributed by atoms with E-state index in [-0.39, 0.29) is 17.7 Å². The van der Waals surface area contributed by atoms with E-state index < -0.39 is 11.4 Å². The molecule has 1 aromatic carbocycles. The van der Waals surface area contributed by atoms with Gasteiger partial charge in [0.15, 0.2) is 0 Å². The van der Waals surface area contributed by atoms with E-state index in [1.165, 1.54) is 0 Å². The molecule has 6 nitrogen and oxygen atoms in total. The van der Waals surface area contributed by atoms with Crippen LogP contribution < -0.4 is 11.1 Å². The SMILES string of the molecule is NC(=O)C1(NC(=O)C2CCN(C(=O)c3ccc(Br)cc3)CC2)CCCC1. The smallest absolute Gasteiger partial charge is 0.253 e. The van der Waals surface area contributed by atoms with E-state index in [1.807, 2.05) is 12.1 Å². The number of halogens is 1. The maximum Gasteiger partial charge on any atom is 0.253 e. The molecule has 0 aromatic heterocycles. The van der Waals surface area contributed by atoms with Crippen LogP contribution in [-0.4, -0.2) is 41.2 Å². The van der Waals surface area contributed by atoms with Gasteiger partial charge >= 0.3 is 0 Å². The van der Waals surface area contributed by atoms with Crippen LogP contribution in [0.1, 0.15) is 48.9 Å². The van der Waals surface area contributed by atoms with Crippen LogP contribution in [0.2, 0.25) is 0 Å². The molecule has 0 bridgehead atoms. The first-order valence-corrected chi connectivity index (χ1v) is 9.87. The lowest BCUT2D eigenvalue weighted by Crippen LogP contribution is -2.57. The Hall–Kier alpha value is -1.89. The Bertz CT molecular complexity index is 690. The molecule has 7 heteroatoms. The molecule has 1 aromatic rings. The second-order valence-electron chi connectivity index (χ2n) is 7.22. The minimum absolute atomic E-state index is 0.0132. The van der Waals surface area contributed by atoms with Gasteiger partial charge in [0.2, 0.25) is 11.8 Å². The zero-order chi connectivity index (χ0) is 18.7. The second-order valence-corrected chi connectivity index (χ2v) is 8.13. The molecule has 2 aliphatic rings. The number of hydrogen-bond donors (Lipinski definition) is 2. The molecule has 26 heavy (non-hydrogen) atoms. The topological polar surface area (TPSA) is 92.5 Å². The van der Waals surface area contributed by atoms with Gasteiger partial charge in [-0.05, 0) is 49.9 Å². The molecular weight excluding hydrogens is 398 g/mol. The van der Waals surface area contributed by atoms with Crippen LogP contribution in [0.4, 0.5) is 0 Å². The molecular formula is C19H24BrN3O3. The molecule has 1 saturated heterocycles. The maximum atomic E-state index is 12.6. The van der Waals surface area contributed by atoms with Crippen LogP contribution in [-0.2, 0) is 9.59 Å².